The highest BCUT2D eigenvalue weighted by molar-refractivity contribution is 5.75. The molecular formula is C25H28O6. The number of furan rings is 2. The normalized spacial score (nSPS) is 13.6. The molecule has 31 heavy (non-hydrogen) atoms. The van der Waals surface area contributed by atoms with Crippen LogP contribution in [0.25, 0.3) is 11.1 Å². The molecule has 6 nitrogen and oxygen atoms in total. The van der Waals surface area contributed by atoms with Crippen molar-refractivity contribution in [1.82, 2.24) is 0 Å². The molecule has 164 valence electrons. The molecule has 1 aliphatic rings. The Morgan fingerprint density at radius 2 is 1.65 bits per heavy atom. The van der Waals surface area contributed by atoms with E-state index in [-0.39, 0.29) is 11.9 Å². The van der Waals surface area contributed by atoms with Gasteiger partial charge in [-0.25, -0.2) is 4.79 Å². The minimum Gasteiger partial charge on any atom is -0.494 e. The van der Waals surface area contributed by atoms with Gasteiger partial charge in [0, 0.05) is 24.2 Å². The standard InChI is InChI=1S/C25H28O6/c1-3-27-22(25(26)28-4-2)16-17-7-9-18(10-8-17)29-13-5-6-21-23-19(11-14-30-23)20-12-15-31-24(20)21/h7-12,14-15,21-22H,3-6,13,16H2,1-2H3. The summed E-state index contributed by atoms with van der Waals surface area (Å²) in [7, 11) is 0. The lowest BCUT2D eigenvalue weighted by molar-refractivity contribution is -0.156. The third-order valence-electron chi connectivity index (χ3n) is 5.48. The molecule has 2 aromatic heterocycles. The largest absolute Gasteiger partial charge is 0.494 e. The van der Waals surface area contributed by atoms with E-state index in [1.54, 1.807) is 19.5 Å². The molecule has 0 amide bonds. The van der Waals surface area contributed by atoms with E-state index >= 15 is 0 Å². The monoisotopic (exact) mass is 424 g/mol. The summed E-state index contributed by atoms with van der Waals surface area (Å²) >= 11 is 0. The van der Waals surface area contributed by atoms with Crippen LogP contribution in [0.5, 0.6) is 5.75 Å². The third-order valence-corrected chi connectivity index (χ3v) is 5.48. The lowest BCUT2D eigenvalue weighted by Gasteiger charge is -2.16. The van der Waals surface area contributed by atoms with Gasteiger partial charge in [0.15, 0.2) is 6.10 Å². The second-order valence-corrected chi connectivity index (χ2v) is 7.48. The molecule has 0 N–H and O–H groups in total. The highest BCUT2D eigenvalue weighted by atomic mass is 16.6. The summed E-state index contributed by atoms with van der Waals surface area (Å²) in [6.45, 7) is 5.07. The van der Waals surface area contributed by atoms with Crippen molar-refractivity contribution in [2.75, 3.05) is 19.8 Å². The van der Waals surface area contributed by atoms with Gasteiger partial charge in [-0.15, -0.1) is 0 Å². The molecule has 0 spiro atoms. The van der Waals surface area contributed by atoms with Crippen molar-refractivity contribution in [3.05, 3.63) is 66.0 Å². The van der Waals surface area contributed by atoms with Crippen LogP contribution < -0.4 is 4.74 Å². The first-order valence-corrected chi connectivity index (χ1v) is 10.9. The van der Waals surface area contributed by atoms with Crippen molar-refractivity contribution in [2.24, 2.45) is 0 Å². The Kier molecular flexibility index (Phi) is 6.77. The number of hydrogen-bond donors (Lipinski definition) is 0. The predicted molar refractivity (Wildman–Crippen MR) is 115 cm³/mol. The second kappa shape index (κ2) is 9.88. The fraction of sp³-hybridized carbons (Fsp3) is 0.400. The molecule has 0 aliphatic heterocycles. The van der Waals surface area contributed by atoms with E-state index in [1.165, 1.54) is 0 Å². The van der Waals surface area contributed by atoms with Crippen LogP contribution in [0.2, 0.25) is 0 Å². The van der Waals surface area contributed by atoms with Crippen LogP contribution in [0.4, 0.5) is 0 Å². The molecular weight excluding hydrogens is 396 g/mol. The number of ether oxygens (including phenoxy) is 3. The first-order chi connectivity index (χ1) is 15.2. The third kappa shape index (κ3) is 4.69. The Bertz CT molecular complexity index is 943. The van der Waals surface area contributed by atoms with Crippen molar-refractivity contribution in [1.29, 1.82) is 0 Å². The van der Waals surface area contributed by atoms with E-state index in [0.717, 1.165) is 46.8 Å². The molecule has 0 fully saturated rings. The lowest BCUT2D eigenvalue weighted by atomic mass is 10.0. The van der Waals surface area contributed by atoms with E-state index in [2.05, 4.69) is 0 Å². The maximum absolute atomic E-state index is 12.0. The fourth-order valence-corrected chi connectivity index (χ4v) is 4.07. The van der Waals surface area contributed by atoms with Crippen molar-refractivity contribution >= 4 is 5.97 Å². The molecule has 0 bridgehead atoms. The zero-order valence-corrected chi connectivity index (χ0v) is 18.0. The average Bonchev–Trinajstić information content (AvgIpc) is 3.48. The molecule has 0 radical (unpaired) electrons. The molecule has 1 aliphatic carbocycles. The quantitative estimate of drug-likeness (QED) is 0.305. The molecule has 1 aromatic carbocycles. The molecule has 0 saturated heterocycles. The van der Waals surface area contributed by atoms with Crippen LogP contribution in [0, 0.1) is 0 Å². The minimum absolute atomic E-state index is 0.152. The molecule has 3 aromatic rings. The number of carbonyl (C=O) groups excluding carboxylic acids is 1. The van der Waals surface area contributed by atoms with Gasteiger partial charge in [0.2, 0.25) is 0 Å². The van der Waals surface area contributed by atoms with Crippen LogP contribution in [0.15, 0.2) is 57.8 Å². The van der Waals surface area contributed by atoms with E-state index in [0.29, 0.717) is 26.2 Å². The smallest absolute Gasteiger partial charge is 0.335 e. The number of rotatable bonds is 11. The van der Waals surface area contributed by atoms with Crippen LogP contribution in [0.1, 0.15) is 49.7 Å². The van der Waals surface area contributed by atoms with Crippen molar-refractivity contribution in [2.45, 2.75) is 45.1 Å². The Balaban J connectivity index is 1.26. The SMILES string of the molecule is CCOC(=O)C(Cc1ccc(OCCCC2c3occc3-c3ccoc32)cc1)OCC. The van der Waals surface area contributed by atoms with Crippen molar-refractivity contribution < 1.29 is 27.8 Å². The lowest BCUT2D eigenvalue weighted by Crippen LogP contribution is -2.28. The van der Waals surface area contributed by atoms with E-state index < -0.39 is 6.10 Å². The van der Waals surface area contributed by atoms with Crippen LogP contribution in [-0.4, -0.2) is 31.9 Å². The first kappa shape index (κ1) is 21.2. The van der Waals surface area contributed by atoms with Gasteiger partial charge < -0.3 is 23.0 Å². The summed E-state index contributed by atoms with van der Waals surface area (Å²) in [5.74, 6) is 2.61. The summed E-state index contributed by atoms with van der Waals surface area (Å²) in [5.41, 5.74) is 3.28. The Morgan fingerprint density at radius 3 is 2.26 bits per heavy atom. The molecule has 4 rings (SSSR count). The first-order valence-electron chi connectivity index (χ1n) is 10.9. The molecule has 6 heteroatoms. The maximum Gasteiger partial charge on any atom is 0.335 e. The Hall–Kier alpha value is -2.99. The number of carbonyl (C=O) groups is 1. The van der Waals surface area contributed by atoms with Gasteiger partial charge in [0.1, 0.15) is 17.3 Å². The summed E-state index contributed by atoms with van der Waals surface area (Å²) in [4.78, 5) is 12.0. The van der Waals surface area contributed by atoms with Gasteiger partial charge >= 0.3 is 5.97 Å². The maximum atomic E-state index is 12.0. The van der Waals surface area contributed by atoms with E-state index in [4.69, 9.17) is 23.0 Å². The van der Waals surface area contributed by atoms with Gasteiger partial charge in [-0.3, -0.25) is 0 Å². The second-order valence-electron chi connectivity index (χ2n) is 7.48. The van der Waals surface area contributed by atoms with Crippen LogP contribution in [-0.2, 0) is 20.7 Å². The van der Waals surface area contributed by atoms with E-state index in [9.17, 15) is 4.79 Å². The Labute approximate surface area is 182 Å². The van der Waals surface area contributed by atoms with Crippen LogP contribution >= 0.6 is 0 Å². The van der Waals surface area contributed by atoms with Gasteiger partial charge in [0.05, 0.1) is 31.7 Å². The van der Waals surface area contributed by atoms with Crippen molar-refractivity contribution in [3.63, 3.8) is 0 Å². The van der Waals surface area contributed by atoms with Gasteiger partial charge in [0.25, 0.3) is 0 Å². The number of hydrogen-bond acceptors (Lipinski definition) is 6. The minimum atomic E-state index is -0.582. The summed E-state index contributed by atoms with van der Waals surface area (Å²) in [6, 6.07) is 11.8. The molecule has 0 saturated carbocycles. The number of esters is 1. The van der Waals surface area contributed by atoms with E-state index in [1.807, 2.05) is 43.3 Å². The van der Waals surface area contributed by atoms with Gasteiger partial charge in [-0.1, -0.05) is 12.1 Å². The predicted octanol–water partition coefficient (Wildman–Crippen LogP) is 5.35. The van der Waals surface area contributed by atoms with Gasteiger partial charge in [-0.2, -0.15) is 0 Å². The van der Waals surface area contributed by atoms with Crippen LogP contribution in [0.3, 0.4) is 0 Å². The summed E-state index contributed by atoms with van der Waals surface area (Å²) in [6.07, 6.45) is 5.15. The molecule has 2 heterocycles. The number of benzene rings is 1. The summed E-state index contributed by atoms with van der Waals surface area (Å²) < 4.78 is 27.9. The zero-order valence-electron chi connectivity index (χ0n) is 18.0. The molecule has 1 atom stereocenters. The Morgan fingerprint density at radius 1 is 0.968 bits per heavy atom. The number of fused-ring (bicyclic) bond motifs is 3. The summed E-state index contributed by atoms with van der Waals surface area (Å²) in [5, 5.41) is 0. The fourth-order valence-electron chi connectivity index (χ4n) is 4.07. The zero-order chi connectivity index (χ0) is 21.6. The average molecular weight is 424 g/mol. The highest BCUT2D eigenvalue weighted by Crippen LogP contribution is 2.47. The van der Waals surface area contributed by atoms with Gasteiger partial charge in [-0.05, 0) is 56.5 Å². The topological polar surface area (TPSA) is 71.0 Å². The molecule has 1 unspecified atom stereocenters. The van der Waals surface area contributed by atoms with Crippen molar-refractivity contribution in [3.8, 4) is 16.9 Å². The highest BCUT2D eigenvalue weighted by Gasteiger charge is 2.34.